The number of aryl methyl sites for hydroxylation is 1. The molecule has 0 spiro atoms. The molecule has 0 aliphatic heterocycles. The highest BCUT2D eigenvalue weighted by Gasteiger charge is 2.11. The van der Waals surface area contributed by atoms with Crippen molar-refractivity contribution in [2.45, 2.75) is 26.3 Å². The van der Waals surface area contributed by atoms with Gasteiger partial charge < -0.3 is 14.5 Å². The normalized spacial score (nSPS) is 11.2. The smallest absolute Gasteiger partial charge is 0.419 e. The lowest BCUT2D eigenvalue weighted by Crippen LogP contribution is -2.17. The van der Waals surface area contributed by atoms with Gasteiger partial charge >= 0.3 is 5.76 Å². The number of nitrogens with one attached hydrogen (secondary N) is 1. The Morgan fingerprint density at radius 2 is 2.14 bits per heavy atom. The van der Waals surface area contributed by atoms with Crippen LogP contribution in [0.4, 0.5) is 5.13 Å². The topological polar surface area (TPSA) is 86.4 Å². The number of hydrogen-bond acceptors (Lipinski definition) is 6. The predicted molar refractivity (Wildman–Crippen MR) is 109 cm³/mol. The number of ether oxygens (including phenoxy) is 1. The average molecular weight is 397 g/mol. The molecule has 2 aromatic heterocycles. The van der Waals surface area contributed by atoms with Crippen molar-refractivity contribution in [3.05, 3.63) is 53.0 Å². The van der Waals surface area contributed by atoms with E-state index in [-0.39, 0.29) is 12.3 Å². The first-order chi connectivity index (χ1) is 13.6. The summed E-state index contributed by atoms with van der Waals surface area (Å²) in [6.45, 7) is 2.95. The molecular weight excluding hydrogens is 378 g/mol. The van der Waals surface area contributed by atoms with Crippen LogP contribution < -0.4 is 15.8 Å². The molecular formula is C20H19N3O4S. The first-order valence-electron chi connectivity index (χ1n) is 9.05. The minimum atomic E-state index is -0.405. The van der Waals surface area contributed by atoms with Gasteiger partial charge in [0.25, 0.3) is 0 Å². The molecule has 0 saturated heterocycles. The molecule has 0 unspecified atom stereocenters. The van der Waals surface area contributed by atoms with Gasteiger partial charge in [-0.1, -0.05) is 23.5 Å². The molecule has 144 valence electrons. The number of aromatic nitrogens is 2. The zero-order valence-electron chi connectivity index (χ0n) is 15.3. The summed E-state index contributed by atoms with van der Waals surface area (Å²) >= 11 is 1.41. The van der Waals surface area contributed by atoms with Crippen LogP contribution in [-0.4, -0.2) is 22.1 Å². The Bertz CT molecular complexity index is 1190. The van der Waals surface area contributed by atoms with E-state index in [1.54, 1.807) is 10.6 Å². The molecule has 0 aliphatic rings. The number of anilines is 1. The lowest BCUT2D eigenvalue weighted by Gasteiger charge is -2.03. The maximum atomic E-state index is 12.3. The quantitative estimate of drug-likeness (QED) is 0.509. The Balaban J connectivity index is 1.37. The maximum Gasteiger partial charge on any atom is 0.419 e. The molecule has 0 saturated carbocycles. The first kappa shape index (κ1) is 18.2. The van der Waals surface area contributed by atoms with E-state index in [0.29, 0.717) is 30.3 Å². The second kappa shape index (κ2) is 7.85. The van der Waals surface area contributed by atoms with Gasteiger partial charge in [-0.15, -0.1) is 0 Å². The standard InChI is InChI=1S/C20H19N3O4S/c1-2-26-13-9-10-14-17(12-13)28-19(21-14)22-18(24)8-5-11-23-15-6-3-4-7-16(15)27-20(23)25/h3-4,6-7,9-10,12H,2,5,8,11H2,1H3,(H,21,22,24). The zero-order chi connectivity index (χ0) is 19.5. The van der Waals surface area contributed by atoms with Crippen LogP contribution in [0.25, 0.3) is 21.3 Å². The van der Waals surface area contributed by atoms with E-state index >= 15 is 0 Å². The average Bonchev–Trinajstić information content (AvgIpc) is 3.21. The van der Waals surface area contributed by atoms with Gasteiger partial charge in [0, 0.05) is 13.0 Å². The third kappa shape index (κ3) is 3.77. The van der Waals surface area contributed by atoms with E-state index in [2.05, 4.69) is 10.3 Å². The highest BCUT2D eigenvalue weighted by molar-refractivity contribution is 7.22. The molecule has 0 radical (unpaired) electrons. The maximum absolute atomic E-state index is 12.3. The summed E-state index contributed by atoms with van der Waals surface area (Å²) in [6, 6.07) is 12.9. The molecule has 1 amide bonds. The van der Waals surface area contributed by atoms with Crippen molar-refractivity contribution in [3.8, 4) is 5.75 Å². The lowest BCUT2D eigenvalue weighted by atomic mass is 10.3. The minimum Gasteiger partial charge on any atom is -0.494 e. The second-order valence-corrected chi connectivity index (χ2v) is 7.25. The second-order valence-electron chi connectivity index (χ2n) is 6.22. The largest absolute Gasteiger partial charge is 0.494 e. The molecule has 2 heterocycles. The highest BCUT2D eigenvalue weighted by atomic mass is 32.1. The van der Waals surface area contributed by atoms with Gasteiger partial charge in [0.1, 0.15) is 5.75 Å². The van der Waals surface area contributed by atoms with Crippen molar-refractivity contribution in [3.63, 3.8) is 0 Å². The number of benzene rings is 2. The van der Waals surface area contributed by atoms with Crippen molar-refractivity contribution < 1.29 is 13.9 Å². The molecule has 0 atom stereocenters. The van der Waals surface area contributed by atoms with Crippen LogP contribution >= 0.6 is 11.3 Å². The number of para-hydroxylation sites is 2. The van der Waals surface area contributed by atoms with Crippen molar-refractivity contribution in [1.82, 2.24) is 9.55 Å². The predicted octanol–water partition coefficient (Wildman–Crippen LogP) is 4.02. The third-order valence-electron chi connectivity index (χ3n) is 4.28. The van der Waals surface area contributed by atoms with E-state index in [4.69, 9.17) is 9.15 Å². The summed E-state index contributed by atoms with van der Waals surface area (Å²) in [6.07, 6.45) is 0.806. The fourth-order valence-electron chi connectivity index (χ4n) is 3.02. The van der Waals surface area contributed by atoms with Gasteiger partial charge in [0.15, 0.2) is 10.7 Å². The molecule has 8 heteroatoms. The Hall–Kier alpha value is -3.13. The minimum absolute atomic E-state index is 0.134. The Morgan fingerprint density at radius 3 is 3.00 bits per heavy atom. The van der Waals surface area contributed by atoms with Gasteiger partial charge in [0.05, 0.1) is 22.3 Å². The van der Waals surface area contributed by atoms with Crippen molar-refractivity contribution in [2.24, 2.45) is 0 Å². The van der Waals surface area contributed by atoms with Crippen LogP contribution in [0.5, 0.6) is 5.75 Å². The summed E-state index contributed by atoms with van der Waals surface area (Å²) in [5.74, 6) is 0.247. The number of amides is 1. The number of fused-ring (bicyclic) bond motifs is 2. The third-order valence-corrected chi connectivity index (χ3v) is 5.21. The number of rotatable bonds is 7. The summed E-state index contributed by atoms with van der Waals surface area (Å²) in [5.41, 5.74) is 2.11. The van der Waals surface area contributed by atoms with Crippen molar-refractivity contribution >= 4 is 43.7 Å². The summed E-state index contributed by atoms with van der Waals surface area (Å²) in [4.78, 5) is 28.6. The van der Waals surface area contributed by atoms with E-state index in [0.717, 1.165) is 21.5 Å². The molecule has 7 nitrogen and oxygen atoms in total. The fourth-order valence-corrected chi connectivity index (χ4v) is 3.93. The molecule has 0 bridgehead atoms. The zero-order valence-corrected chi connectivity index (χ0v) is 16.1. The van der Waals surface area contributed by atoms with Gasteiger partial charge in [-0.3, -0.25) is 9.36 Å². The van der Waals surface area contributed by atoms with Crippen LogP contribution in [0.1, 0.15) is 19.8 Å². The van der Waals surface area contributed by atoms with Gasteiger partial charge in [0.2, 0.25) is 5.91 Å². The molecule has 4 aromatic rings. The summed E-state index contributed by atoms with van der Waals surface area (Å²) < 4.78 is 13.2. The van der Waals surface area contributed by atoms with E-state index in [9.17, 15) is 9.59 Å². The van der Waals surface area contributed by atoms with Gasteiger partial charge in [-0.2, -0.15) is 0 Å². The Kier molecular flexibility index (Phi) is 5.12. The molecule has 0 fully saturated rings. The van der Waals surface area contributed by atoms with Crippen LogP contribution in [0.15, 0.2) is 51.7 Å². The first-order valence-corrected chi connectivity index (χ1v) is 9.87. The molecule has 4 rings (SSSR count). The van der Waals surface area contributed by atoms with Crippen LogP contribution in [-0.2, 0) is 11.3 Å². The number of carbonyl (C=O) groups excluding carboxylic acids is 1. The van der Waals surface area contributed by atoms with Crippen molar-refractivity contribution in [1.29, 1.82) is 0 Å². The molecule has 1 N–H and O–H groups in total. The SMILES string of the molecule is CCOc1ccc2nc(NC(=O)CCCn3c(=O)oc4ccccc43)sc2c1. The summed E-state index contributed by atoms with van der Waals surface area (Å²) in [7, 11) is 0. The van der Waals surface area contributed by atoms with Gasteiger partial charge in [-0.05, 0) is 43.7 Å². The molecule has 2 aromatic carbocycles. The van der Waals surface area contributed by atoms with E-state index < -0.39 is 5.76 Å². The molecule has 0 aliphatic carbocycles. The monoisotopic (exact) mass is 397 g/mol. The number of carbonyl (C=O) groups is 1. The molecule has 28 heavy (non-hydrogen) atoms. The Labute approximate surface area is 164 Å². The number of hydrogen-bond donors (Lipinski definition) is 1. The van der Waals surface area contributed by atoms with E-state index in [1.165, 1.54) is 11.3 Å². The van der Waals surface area contributed by atoms with Crippen LogP contribution in [0.3, 0.4) is 0 Å². The summed E-state index contributed by atoms with van der Waals surface area (Å²) in [5, 5.41) is 3.39. The number of oxazole rings is 1. The Morgan fingerprint density at radius 1 is 1.29 bits per heavy atom. The lowest BCUT2D eigenvalue weighted by molar-refractivity contribution is -0.116. The van der Waals surface area contributed by atoms with E-state index in [1.807, 2.05) is 43.3 Å². The van der Waals surface area contributed by atoms with Crippen LogP contribution in [0, 0.1) is 0 Å². The fraction of sp³-hybridized carbons (Fsp3) is 0.250. The number of thiazole rings is 1. The van der Waals surface area contributed by atoms with Crippen LogP contribution in [0.2, 0.25) is 0 Å². The highest BCUT2D eigenvalue weighted by Crippen LogP contribution is 2.29. The van der Waals surface area contributed by atoms with Crippen molar-refractivity contribution in [2.75, 3.05) is 11.9 Å². The number of nitrogens with zero attached hydrogens (tertiary/aromatic N) is 2. The van der Waals surface area contributed by atoms with Gasteiger partial charge in [-0.25, -0.2) is 9.78 Å².